The van der Waals surface area contributed by atoms with Crippen LogP contribution in [-0.4, -0.2) is 47.9 Å². The van der Waals surface area contributed by atoms with Gasteiger partial charge in [0.15, 0.2) is 6.29 Å². The number of rotatable bonds is 9. The Kier molecular flexibility index (Phi) is 7.50. The van der Waals surface area contributed by atoms with Crippen LogP contribution in [0.4, 0.5) is 0 Å². The molecule has 2 rings (SSSR count). The molecule has 0 bridgehead atoms. The van der Waals surface area contributed by atoms with Crippen LogP contribution in [0.1, 0.15) is 17.0 Å². The van der Waals surface area contributed by atoms with Gasteiger partial charge in [0, 0.05) is 30.6 Å². The smallest absolute Gasteiger partial charge is 0.232 e. The number of carbonyl (C=O) groups is 1. The first-order valence-corrected chi connectivity index (χ1v) is 9.63. The number of nitrogens with one attached hydrogen (secondary N) is 1. The topological polar surface area (TPSA) is 90.7 Å². The van der Waals surface area contributed by atoms with E-state index in [4.69, 9.17) is 13.9 Å². The van der Waals surface area contributed by atoms with E-state index in [9.17, 15) is 9.00 Å². The van der Waals surface area contributed by atoms with Crippen molar-refractivity contribution in [3.8, 4) is 11.5 Å². The van der Waals surface area contributed by atoms with Gasteiger partial charge >= 0.3 is 0 Å². The number of carbonyl (C=O) groups excluding carboxylic acids is 1. The average Bonchev–Trinajstić information content (AvgIpc) is 2.96. The summed E-state index contributed by atoms with van der Waals surface area (Å²) in [7, 11) is 1.57. The molecule has 1 heterocycles. The molecule has 0 aliphatic rings. The molecule has 26 heavy (non-hydrogen) atoms. The molecule has 0 aliphatic heterocycles. The van der Waals surface area contributed by atoms with Crippen LogP contribution in [0.25, 0.3) is 11.5 Å². The SMILES string of the molecule is COC(CNC(=O)CS(=O)Cc1nc(-c2ccccc2C)oc1C)OC. The Morgan fingerprint density at radius 2 is 1.96 bits per heavy atom. The number of benzene rings is 1. The van der Waals surface area contributed by atoms with Crippen molar-refractivity contribution in [3.63, 3.8) is 0 Å². The zero-order valence-electron chi connectivity index (χ0n) is 15.4. The lowest BCUT2D eigenvalue weighted by Crippen LogP contribution is -2.36. The fourth-order valence-electron chi connectivity index (χ4n) is 2.35. The first-order chi connectivity index (χ1) is 12.4. The van der Waals surface area contributed by atoms with Gasteiger partial charge in [-0.25, -0.2) is 4.98 Å². The summed E-state index contributed by atoms with van der Waals surface area (Å²) in [6.45, 7) is 3.96. The van der Waals surface area contributed by atoms with E-state index < -0.39 is 17.1 Å². The molecule has 8 heteroatoms. The number of methoxy groups -OCH3 is 2. The third-order valence-electron chi connectivity index (χ3n) is 3.85. The minimum Gasteiger partial charge on any atom is -0.441 e. The van der Waals surface area contributed by atoms with E-state index in [0.29, 0.717) is 17.3 Å². The van der Waals surface area contributed by atoms with Crippen LogP contribution in [0.15, 0.2) is 28.7 Å². The van der Waals surface area contributed by atoms with Crippen molar-refractivity contribution in [3.05, 3.63) is 41.3 Å². The molecule has 0 saturated carbocycles. The van der Waals surface area contributed by atoms with Crippen molar-refractivity contribution in [2.45, 2.75) is 25.9 Å². The van der Waals surface area contributed by atoms with Crippen LogP contribution in [0.5, 0.6) is 0 Å². The molecule has 0 saturated heterocycles. The summed E-state index contributed by atoms with van der Waals surface area (Å²) >= 11 is 0. The van der Waals surface area contributed by atoms with Crippen molar-refractivity contribution in [2.24, 2.45) is 0 Å². The lowest BCUT2D eigenvalue weighted by atomic mass is 10.1. The van der Waals surface area contributed by atoms with Gasteiger partial charge in [0.2, 0.25) is 11.8 Å². The van der Waals surface area contributed by atoms with E-state index in [1.807, 2.05) is 31.2 Å². The highest BCUT2D eigenvalue weighted by molar-refractivity contribution is 7.84. The van der Waals surface area contributed by atoms with E-state index in [1.54, 1.807) is 6.92 Å². The van der Waals surface area contributed by atoms with E-state index in [-0.39, 0.29) is 24.0 Å². The minimum absolute atomic E-state index is 0.119. The Morgan fingerprint density at radius 1 is 1.27 bits per heavy atom. The van der Waals surface area contributed by atoms with Crippen LogP contribution in [0.2, 0.25) is 0 Å². The quantitative estimate of drug-likeness (QED) is 0.669. The summed E-state index contributed by atoms with van der Waals surface area (Å²) < 4.78 is 28.0. The summed E-state index contributed by atoms with van der Waals surface area (Å²) in [5.74, 6) is 0.817. The van der Waals surface area contributed by atoms with Gasteiger partial charge in [-0.3, -0.25) is 9.00 Å². The van der Waals surface area contributed by atoms with Crippen molar-refractivity contribution in [2.75, 3.05) is 26.5 Å². The molecule has 1 unspecified atom stereocenters. The average molecular weight is 380 g/mol. The standard InChI is InChI=1S/C18H24N2O5S/c1-12-7-5-6-8-14(12)18-20-15(13(2)25-18)10-26(22)11-16(21)19-9-17(23-3)24-4/h5-8,17H,9-11H2,1-4H3,(H,19,21). The lowest BCUT2D eigenvalue weighted by molar-refractivity contribution is -0.125. The molecule has 0 spiro atoms. The number of amides is 1. The van der Waals surface area contributed by atoms with E-state index in [2.05, 4.69) is 10.3 Å². The van der Waals surface area contributed by atoms with Gasteiger partial charge in [-0.1, -0.05) is 18.2 Å². The molecule has 1 atom stereocenters. The fourth-order valence-corrected chi connectivity index (χ4v) is 3.42. The van der Waals surface area contributed by atoms with E-state index in [0.717, 1.165) is 11.1 Å². The number of oxazole rings is 1. The van der Waals surface area contributed by atoms with Crippen LogP contribution in [0.3, 0.4) is 0 Å². The van der Waals surface area contributed by atoms with Gasteiger partial charge in [0.25, 0.3) is 0 Å². The molecule has 1 aromatic carbocycles. The minimum atomic E-state index is -1.39. The number of nitrogens with zero attached hydrogens (tertiary/aromatic N) is 1. The summed E-state index contributed by atoms with van der Waals surface area (Å²) in [5, 5.41) is 2.63. The van der Waals surface area contributed by atoms with Gasteiger partial charge in [0.1, 0.15) is 11.5 Å². The molecule has 7 nitrogen and oxygen atoms in total. The maximum Gasteiger partial charge on any atom is 0.232 e. The van der Waals surface area contributed by atoms with Gasteiger partial charge in [0.05, 0.1) is 18.0 Å². The highest BCUT2D eigenvalue weighted by Gasteiger charge is 2.17. The molecular weight excluding hydrogens is 356 g/mol. The third-order valence-corrected chi connectivity index (χ3v) is 5.03. The summed E-state index contributed by atoms with van der Waals surface area (Å²) in [6, 6.07) is 7.76. The molecule has 1 aromatic heterocycles. The highest BCUT2D eigenvalue weighted by atomic mass is 32.2. The van der Waals surface area contributed by atoms with Crippen molar-refractivity contribution >= 4 is 16.7 Å². The second-order valence-electron chi connectivity index (χ2n) is 5.77. The zero-order chi connectivity index (χ0) is 19.1. The third kappa shape index (κ3) is 5.48. The largest absolute Gasteiger partial charge is 0.441 e. The highest BCUT2D eigenvalue weighted by Crippen LogP contribution is 2.25. The first-order valence-electron chi connectivity index (χ1n) is 8.14. The lowest BCUT2D eigenvalue weighted by Gasteiger charge is -2.13. The molecular formula is C18H24N2O5S. The maximum absolute atomic E-state index is 12.3. The summed E-state index contributed by atoms with van der Waals surface area (Å²) in [6.07, 6.45) is -0.526. The van der Waals surface area contributed by atoms with Crippen LogP contribution >= 0.6 is 0 Å². The number of aryl methyl sites for hydroxylation is 2. The Hall–Kier alpha value is -2.03. The zero-order valence-corrected chi connectivity index (χ0v) is 16.2. The Labute approximate surface area is 155 Å². The Balaban J connectivity index is 1.95. The normalized spacial score (nSPS) is 12.3. The maximum atomic E-state index is 12.3. The molecule has 142 valence electrons. The fraction of sp³-hybridized carbons (Fsp3) is 0.444. The predicted molar refractivity (Wildman–Crippen MR) is 98.9 cm³/mol. The second-order valence-corrected chi connectivity index (χ2v) is 7.23. The molecule has 0 radical (unpaired) electrons. The number of hydrogen-bond acceptors (Lipinski definition) is 6. The van der Waals surface area contributed by atoms with E-state index in [1.165, 1.54) is 14.2 Å². The predicted octanol–water partition coefficient (Wildman–Crippen LogP) is 1.94. The van der Waals surface area contributed by atoms with E-state index >= 15 is 0 Å². The molecule has 1 amide bonds. The van der Waals surface area contributed by atoms with Gasteiger partial charge in [-0.05, 0) is 25.5 Å². The number of ether oxygens (including phenoxy) is 2. The second kappa shape index (κ2) is 9.61. The summed E-state index contributed by atoms with van der Waals surface area (Å²) in [4.78, 5) is 16.3. The number of hydrogen-bond donors (Lipinski definition) is 1. The number of aromatic nitrogens is 1. The molecule has 1 N–H and O–H groups in total. The van der Waals surface area contributed by atoms with Gasteiger partial charge < -0.3 is 19.2 Å². The molecule has 2 aromatic rings. The van der Waals surface area contributed by atoms with Crippen LogP contribution < -0.4 is 5.32 Å². The van der Waals surface area contributed by atoms with Gasteiger partial charge in [-0.2, -0.15) is 0 Å². The first kappa shape index (κ1) is 20.3. The van der Waals surface area contributed by atoms with Crippen molar-refractivity contribution in [1.29, 1.82) is 0 Å². The van der Waals surface area contributed by atoms with Crippen molar-refractivity contribution < 1.29 is 22.9 Å². The Morgan fingerprint density at radius 3 is 2.62 bits per heavy atom. The van der Waals surface area contributed by atoms with Crippen LogP contribution in [0, 0.1) is 13.8 Å². The molecule has 0 fully saturated rings. The monoisotopic (exact) mass is 380 g/mol. The van der Waals surface area contributed by atoms with Crippen molar-refractivity contribution in [1.82, 2.24) is 10.3 Å². The molecule has 0 aliphatic carbocycles. The van der Waals surface area contributed by atoms with Gasteiger partial charge in [-0.15, -0.1) is 0 Å². The Bertz CT molecular complexity index is 771. The van der Waals surface area contributed by atoms with Crippen LogP contribution in [-0.2, 0) is 30.8 Å². The summed E-state index contributed by atoms with van der Waals surface area (Å²) in [5.41, 5.74) is 2.54.